The molecule has 0 radical (unpaired) electrons. The fourth-order valence-electron chi connectivity index (χ4n) is 3.52. The third-order valence-electron chi connectivity index (χ3n) is 4.43. The minimum absolute atomic E-state index is 0.203. The fraction of sp³-hybridized carbons (Fsp3) is 0.300. The van der Waals surface area contributed by atoms with Crippen LogP contribution < -0.4 is 10.1 Å². The minimum Gasteiger partial charge on any atom is -0.496 e. The number of halogens is 2. The van der Waals surface area contributed by atoms with E-state index in [1.807, 2.05) is 13.0 Å². The van der Waals surface area contributed by atoms with Crippen molar-refractivity contribution in [2.75, 3.05) is 12.4 Å². The van der Waals surface area contributed by atoms with Gasteiger partial charge in [-0.25, -0.2) is 8.78 Å². The van der Waals surface area contributed by atoms with E-state index in [2.05, 4.69) is 25.2 Å². The third kappa shape index (κ3) is 3.00. The quantitative estimate of drug-likeness (QED) is 0.844. The van der Waals surface area contributed by atoms with Gasteiger partial charge < -0.3 is 15.2 Å². The minimum atomic E-state index is -0.969. The van der Waals surface area contributed by atoms with Crippen LogP contribution in [0.3, 0.4) is 0 Å². The zero-order valence-corrected chi connectivity index (χ0v) is 14.7. The van der Waals surface area contributed by atoms with Gasteiger partial charge in [0.25, 0.3) is 0 Å². The van der Waals surface area contributed by atoms with Gasteiger partial charge in [-0.05, 0) is 49.6 Å². The molecule has 2 N–H and O–H groups in total. The van der Waals surface area contributed by atoms with Crippen LogP contribution in [-0.4, -0.2) is 17.8 Å². The highest BCUT2D eigenvalue weighted by molar-refractivity contribution is 5.88. The average Bonchev–Trinajstić information content (AvgIpc) is 2.54. The molecule has 2 aromatic rings. The van der Waals surface area contributed by atoms with E-state index in [1.54, 1.807) is 6.07 Å². The number of benzene rings is 2. The van der Waals surface area contributed by atoms with E-state index < -0.39 is 11.6 Å². The summed E-state index contributed by atoms with van der Waals surface area (Å²) in [6.45, 7) is 5.87. The summed E-state index contributed by atoms with van der Waals surface area (Å²) in [4.78, 5) is 0. The predicted molar refractivity (Wildman–Crippen MR) is 95.6 cm³/mol. The number of allylic oxidation sites excluding steroid dienone is 1. The zero-order chi connectivity index (χ0) is 18.4. The fourth-order valence-corrected chi connectivity index (χ4v) is 3.52. The molecule has 132 valence electrons. The van der Waals surface area contributed by atoms with Crippen LogP contribution in [0, 0.1) is 11.6 Å². The zero-order valence-electron chi connectivity index (χ0n) is 14.7. The lowest BCUT2D eigenvalue weighted by molar-refractivity contribution is 0.282. The Labute approximate surface area is 146 Å². The molecule has 3 nitrogen and oxygen atoms in total. The molecule has 0 aliphatic carbocycles. The van der Waals surface area contributed by atoms with Gasteiger partial charge >= 0.3 is 0 Å². The number of rotatable bonds is 3. The summed E-state index contributed by atoms with van der Waals surface area (Å²) in [7, 11) is 1.41. The van der Waals surface area contributed by atoms with Crippen LogP contribution in [0.4, 0.5) is 14.5 Å². The Balaban J connectivity index is 2.27. The van der Waals surface area contributed by atoms with Crippen LogP contribution >= 0.6 is 0 Å². The second kappa shape index (κ2) is 6.15. The number of nitrogens with one attached hydrogen (secondary N) is 1. The van der Waals surface area contributed by atoms with E-state index in [9.17, 15) is 13.9 Å². The summed E-state index contributed by atoms with van der Waals surface area (Å²) in [5.41, 5.74) is 4.28. The maximum atomic E-state index is 13.8. The van der Waals surface area contributed by atoms with Gasteiger partial charge in [0.05, 0.1) is 19.3 Å². The molecule has 3 rings (SSSR count). The first-order chi connectivity index (χ1) is 11.8. The number of aliphatic hydroxyl groups excluding tert-OH is 1. The lowest BCUT2D eigenvalue weighted by Crippen LogP contribution is -2.31. The maximum absolute atomic E-state index is 13.8. The third-order valence-corrected chi connectivity index (χ3v) is 4.43. The Morgan fingerprint density at radius 1 is 1.12 bits per heavy atom. The van der Waals surface area contributed by atoms with Crippen LogP contribution in [0.5, 0.6) is 5.75 Å². The van der Waals surface area contributed by atoms with Crippen molar-refractivity contribution < 1.29 is 18.6 Å². The number of hydrogen-bond acceptors (Lipinski definition) is 3. The van der Waals surface area contributed by atoms with E-state index >= 15 is 0 Å². The van der Waals surface area contributed by atoms with Crippen molar-refractivity contribution in [2.45, 2.75) is 32.9 Å². The molecule has 1 aliphatic heterocycles. The molecule has 25 heavy (non-hydrogen) atoms. The van der Waals surface area contributed by atoms with Gasteiger partial charge in [0.15, 0.2) is 11.6 Å². The predicted octanol–water partition coefficient (Wildman–Crippen LogP) is 4.74. The van der Waals surface area contributed by atoms with Crippen molar-refractivity contribution in [1.82, 2.24) is 0 Å². The molecule has 0 aromatic heterocycles. The molecule has 5 heteroatoms. The second-order valence-electron chi connectivity index (χ2n) is 6.81. The number of aliphatic hydroxyl groups is 1. The van der Waals surface area contributed by atoms with Crippen LogP contribution in [0.15, 0.2) is 30.3 Å². The van der Waals surface area contributed by atoms with E-state index in [4.69, 9.17) is 4.74 Å². The Morgan fingerprint density at radius 3 is 2.44 bits per heavy atom. The Bertz CT molecular complexity index is 872. The van der Waals surface area contributed by atoms with E-state index in [-0.39, 0.29) is 17.9 Å². The molecule has 0 saturated carbocycles. The van der Waals surface area contributed by atoms with Crippen LogP contribution in [0.1, 0.15) is 31.9 Å². The highest BCUT2D eigenvalue weighted by Gasteiger charge is 2.26. The monoisotopic (exact) mass is 345 g/mol. The van der Waals surface area contributed by atoms with Crippen molar-refractivity contribution >= 4 is 11.3 Å². The van der Waals surface area contributed by atoms with E-state index in [0.717, 1.165) is 29.0 Å². The van der Waals surface area contributed by atoms with Crippen LogP contribution in [-0.2, 0) is 6.61 Å². The van der Waals surface area contributed by atoms with E-state index in [0.29, 0.717) is 16.7 Å². The molecular weight excluding hydrogens is 324 g/mol. The molecular formula is C20H21F2NO2. The second-order valence-corrected chi connectivity index (χ2v) is 6.81. The largest absolute Gasteiger partial charge is 0.496 e. The maximum Gasteiger partial charge on any atom is 0.162 e. The van der Waals surface area contributed by atoms with Crippen LogP contribution in [0.2, 0.25) is 0 Å². The first-order valence-electron chi connectivity index (χ1n) is 8.05. The first kappa shape index (κ1) is 17.4. The lowest BCUT2D eigenvalue weighted by atomic mass is 9.85. The van der Waals surface area contributed by atoms with Crippen molar-refractivity contribution in [3.05, 3.63) is 53.1 Å². The molecule has 0 bridgehead atoms. The van der Waals surface area contributed by atoms with E-state index in [1.165, 1.54) is 7.11 Å². The number of ether oxygens (including phenoxy) is 1. The molecule has 0 spiro atoms. The average molecular weight is 345 g/mol. The summed E-state index contributed by atoms with van der Waals surface area (Å²) in [6.07, 6.45) is 2.08. The summed E-state index contributed by atoms with van der Waals surface area (Å²) in [5, 5.41) is 13.4. The van der Waals surface area contributed by atoms with Gasteiger partial charge in [0.2, 0.25) is 0 Å². The normalized spacial score (nSPS) is 15.2. The number of hydrogen-bond donors (Lipinski definition) is 2. The Hall–Kier alpha value is -2.40. The summed E-state index contributed by atoms with van der Waals surface area (Å²) in [5.74, 6) is -1.70. The SMILES string of the molecule is COc1cc(F)c(F)cc1-c1ccc2c(c1CO)C(C)=CC(C)(C)N2. The number of fused-ring (bicyclic) bond motifs is 1. The Morgan fingerprint density at radius 2 is 1.80 bits per heavy atom. The van der Waals surface area contributed by atoms with Crippen molar-refractivity contribution in [3.8, 4) is 16.9 Å². The molecule has 0 amide bonds. The van der Waals surface area contributed by atoms with Gasteiger partial charge in [0, 0.05) is 22.9 Å². The molecule has 0 unspecified atom stereocenters. The molecule has 0 atom stereocenters. The van der Waals surface area contributed by atoms with Crippen LogP contribution in [0.25, 0.3) is 16.7 Å². The number of methoxy groups -OCH3 is 1. The van der Waals surface area contributed by atoms with Gasteiger partial charge in [-0.2, -0.15) is 0 Å². The molecule has 1 heterocycles. The number of anilines is 1. The molecule has 2 aromatic carbocycles. The highest BCUT2D eigenvalue weighted by Crippen LogP contribution is 2.42. The molecule has 0 saturated heterocycles. The van der Waals surface area contributed by atoms with Gasteiger partial charge in [0.1, 0.15) is 5.75 Å². The van der Waals surface area contributed by atoms with Crippen molar-refractivity contribution in [1.29, 1.82) is 0 Å². The summed E-state index contributed by atoms with van der Waals surface area (Å²) < 4.78 is 32.6. The summed E-state index contributed by atoms with van der Waals surface area (Å²) >= 11 is 0. The smallest absolute Gasteiger partial charge is 0.162 e. The first-order valence-corrected chi connectivity index (χ1v) is 8.05. The van der Waals surface area contributed by atoms with Crippen molar-refractivity contribution in [2.24, 2.45) is 0 Å². The lowest BCUT2D eigenvalue weighted by Gasteiger charge is -2.33. The van der Waals surface area contributed by atoms with Gasteiger partial charge in [-0.3, -0.25) is 0 Å². The van der Waals surface area contributed by atoms with Gasteiger partial charge in [-0.15, -0.1) is 0 Å². The highest BCUT2D eigenvalue weighted by atomic mass is 19.2. The standard InChI is InChI=1S/C20H21F2NO2/c1-11-9-20(2,3)23-17-6-5-12(14(10-24)19(11)17)13-7-15(21)16(22)8-18(13)25-4/h5-9,23-24H,10H2,1-4H3. The van der Waals surface area contributed by atoms with Gasteiger partial charge in [-0.1, -0.05) is 12.1 Å². The molecule has 0 fully saturated rings. The molecule has 1 aliphatic rings. The Kier molecular flexibility index (Phi) is 4.29. The van der Waals surface area contributed by atoms with Crippen molar-refractivity contribution in [3.63, 3.8) is 0 Å². The summed E-state index contributed by atoms with van der Waals surface area (Å²) in [6, 6.07) is 5.81. The topological polar surface area (TPSA) is 41.5 Å².